The lowest BCUT2D eigenvalue weighted by atomic mass is 9.89. The maximum absolute atomic E-state index is 13.4. The summed E-state index contributed by atoms with van der Waals surface area (Å²) in [6.45, 7) is 8.63. The molecule has 1 heterocycles. The highest BCUT2D eigenvalue weighted by Gasteiger charge is 2.31. The van der Waals surface area contributed by atoms with Crippen LogP contribution in [-0.2, 0) is 9.59 Å². The summed E-state index contributed by atoms with van der Waals surface area (Å²) in [4.78, 5) is 29.7. The Hall–Kier alpha value is -2.62. The van der Waals surface area contributed by atoms with Gasteiger partial charge in [0.15, 0.2) is 0 Å². The van der Waals surface area contributed by atoms with Gasteiger partial charge in [0, 0.05) is 32.6 Å². The number of amides is 2. The molecule has 0 radical (unpaired) electrons. The fourth-order valence-corrected chi connectivity index (χ4v) is 3.69. The van der Waals surface area contributed by atoms with Crippen molar-refractivity contribution >= 4 is 11.8 Å². The molecule has 0 unspecified atom stereocenters. The first-order valence-corrected chi connectivity index (χ1v) is 10.0. The Morgan fingerprint density at radius 1 is 0.786 bits per heavy atom. The van der Waals surface area contributed by atoms with Gasteiger partial charge in [-0.2, -0.15) is 0 Å². The quantitative estimate of drug-likeness (QED) is 0.809. The maximum Gasteiger partial charge on any atom is 0.234 e. The Kier molecular flexibility index (Phi) is 6.18. The van der Waals surface area contributed by atoms with Crippen LogP contribution in [-0.4, -0.2) is 47.8 Å². The molecule has 1 fully saturated rings. The van der Waals surface area contributed by atoms with E-state index in [0.29, 0.717) is 32.6 Å². The summed E-state index contributed by atoms with van der Waals surface area (Å²) in [6, 6.07) is 19.9. The third-order valence-electron chi connectivity index (χ3n) is 5.14. The van der Waals surface area contributed by atoms with Crippen LogP contribution in [0.25, 0.3) is 0 Å². The average molecular weight is 379 g/mol. The Labute approximate surface area is 168 Å². The number of hydrogen-bond acceptors (Lipinski definition) is 2. The van der Waals surface area contributed by atoms with Crippen LogP contribution in [0.3, 0.4) is 0 Å². The van der Waals surface area contributed by atoms with Gasteiger partial charge in [-0.1, -0.05) is 81.4 Å². The molecule has 3 rings (SSSR count). The minimum Gasteiger partial charge on any atom is -0.339 e. The number of carbonyl (C=O) groups excluding carboxylic acids is 2. The number of benzene rings is 2. The van der Waals surface area contributed by atoms with Gasteiger partial charge in [0.05, 0.1) is 5.92 Å². The standard InChI is InChI=1S/C24H30N2O2/c1-24(2,3)18-21(27)25-14-16-26(17-15-25)23(28)22(19-10-6-4-7-11-19)20-12-8-5-9-13-20/h4-13,22H,14-18H2,1-3H3. The van der Waals surface area contributed by atoms with Gasteiger partial charge in [-0.05, 0) is 16.5 Å². The van der Waals surface area contributed by atoms with Crippen LogP contribution >= 0.6 is 0 Å². The van der Waals surface area contributed by atoms with Crippen LogP contribution in [0.1, 0.15) is 44.2 Å². The second kappa shape index (κ2) is 8.59. The van der Waals surface area contributed by atoms with E-state index in [4.69, 9.17) is 0 Å². The van der Waals surface area contributed by atoms with Crippen molar-refractivity contribution in [1.29, 1.82) is 0 Å². The van der Waals surface area contributed by atoms with Crippen LogP contribution < -0.4 is 0 Å². The molecular formula is C24H30N2O2. The van der Waals surface area contributed by atoms with E-state index in [0.717, 1.165) is 11.1 Å². The van der Waals surface area contributed by atoms with E-state index in [9.17, 15) is 9.59 Å². The second-order valence-electron chi connectivity index (χ2n) is 8.70. The molecule has 0 aliphatic carbocycles. The molecule has 2 aromatic carbocycles. The summed E-state index contributed by atoms with van der Waals surface area (Å²) < 4.78 is 0. The zero-order chi connectivity index (χ0) is 20.1. The normalized spacial score (nSPS) is 15.0. The van der Waals surface area contributed by atoms with Crippen molar-refractivity contribution in [2.24, 2.45) is 5.41 Å². The Bertz CT molecular complexity index is 749. The maximum atomic E-state index is 13.4. The van der Waals surface area contributed by atoms with Crippen molar-refractivity contribution in [3.8, 4) is 0 Å². The molecule has 1 aliphatic heterocycles. The molecule has 4 heteroatoms. The summed E-state index contributed by atoms with van der Waals surface area (Å²) in [5, 5.41) is 0. The summed E-state index contributed by atoms with van der Waals surface area (Å²) in [7, 11) is 0. The molecule has 0 saturated carbocycles. The number of carbonyl (C=O) groups is 2. The van der Waals surface area contributed by atoms with Gasteiger partial charge < -0.3 is 9.80 Å². The molecule has 0 bridgehead atoms. The van der Waals surface area contributed by atoms with Gasteiger partial charge in [0.2, 0.25) is 11.8 Å². The zero-order valence-corrected chi connectivity index (χ0v) is 17.1. The molecule has 1 saturated heterocycles. The first kappa shape index (κ1) is 20.1. The molecule has 0 N–H and O–H groups in total. The van der Waals surface area contributed by atoms with Crippen LogP contribution in [0, 0.1) is 5.41 Å². The largest absolute Gasteiger partial charge is 0.339 e. The van der Waals surface area contributed by atoms with Crippen molar-refractivity contribution in [2.75, 3.05) is 26.2 Å². The van der Waals surface area contributed by atoms with Crippen LogP contribution in [0.5, 0.6) is 0 Å². The van der Waals surface area contributed by atoms with Crippen LogP contribution in [0.15, 0.2) is 60.7 Å². The minimum absolute atomic E-state index is 0.0181. The van der Waals surface area contributed by atoms with Crippen molar-refractivity contribution in [3.63, 3.8) is 0 Å². The van der Waals surface area contributed by atoms with E-state index in [1.54, 1.807) is 0 Å². The topological polar surface area (TPSA) is 40.6 Å². The predicted molar refractivity (Wildman–Crippen MR) is 112 cm³/mol. The van der Waals surface area contributed by atoms with Crippen LogP contribution in [0.4, 0.5) is 0 Å². The first-order valence-electron chi connectivity index (χ1n) is 10.0. The van der Waals surface area contributed by atoms with Gasteiger partial charge in [-0.3, -0.25) is 9.59 Å². The fourth-order valence-electron chi connectivity index (χ4n) is 3.69. The van der Waals surface area contributed by atoms with Gasteiger partial charge in [0.25, 0.3) is 0 Å². The van der Waals surface area contributed by atoms with E-state index in [1.807, 2.05) is 70.5 Å². The molecule has 0 spiro atoms. The summed E-state index contributed by atoms with van der Waals surface area (Å²) in [6.07, 6.45) is 0.539. The van der Waals surface area contributed by atoms with E-state index in [1.165, 1.54) is 0 Å². The first-order chi connectivity index (χ1) is 13.3. The van der Waals surface area contributed by atoms with E-state index in [2.05, 4.69) is 20.8 Å². The van der Waals surface area contributed by atoms with Gasteiger partial charge in [-0.15, -0.1) is 0 Å². The van der Waals surface area contributed by atoms with Gasteiger partial charge in [0.1, 0.15) is 0 Å². The van der Waals surface area contributed by atoms with Crippen LogP contribution in [0.2, 0.25) is 0 Å². The molecule has 2 aromatic rings. The number of hydrogen-bond donors (Lipinski definition) is 0. The molecule has 1 aliphatic rings. The smallest absolute Gasteiger partial charge is 0.234 e. The number of piperazine rings is 1. The van der Waals surface area contributed by atoms with Gasteiger partial charge >= 0.3 is 0 Å². The van der Waals surface area contributed by atoms with Gasteiger partial charge in [-0.25, -0.2) is 0 Å². The lowest BCUT2D eigenvalue weighted by Gasteiger charge is -2.37. The monoisotopic (exact) mass is 378 g/mol. The number of rotatable bonds is 4. The van der Waals surface area contributed by atoms with E-state index >= 15 is 0 Å². The summed E-state index contributed by atoms with van der Waals surface area (Å²) in [5.74, 6) is -0.0122. The van der Waals surface area contributed by atoms with Crippen molar-refractivity contribution < 1.29 is 9.59 Å². The van der Waals surface area contributed by atoms with Crippen molar-refractivity contribution in [1.82, 2.24) is 9.80 Å². The van der Waals surface area contributed by atoms with Crippen molar-refractivity contribution in [3.05, 3.63) is 71.8 Å². The summed E-state index contributed by atoms with van der Waals surface area (Å²) >= 11 is 0. The Balaban J connectivity index is 1.72. The fraction of sp³-hybridized carbons (Fsp3) is 0.417. The Morgan fingerprint density at radius 2 is 1.21 bits per heavy atom. The number of nitrogens with zero attached hydrogens (tertiary/aromatic N) is 2. The highest BCUT2D eigenvalue weighted by Crippen LogP contribution is 2.27. The second-order valence-corrected chi connectivity index (χ2v) is 8.70. The van der Waals surface area contributed by atoms with E-state index in [-0.39, 0.29) is 23.1 Å². The lowest BCUT2D eigenvalue weighted by molar-refractivity contribution is -0.141. The molecule has 0 aromatic heterocycles. The third-order valence-corrected chi connectivity index (χ3v) is 5.14. The minimum atomic E-state index is -0.306. The highest BCUT2D eigenvalue weighted by molar-refractivity contribution is 5.87. The zero-order valence-electron chi connectivity index (χ0n) is 17.1. The summed E-state index contributed by atoms with van der Waals surface area (Å²) in [5.41, 5.74) is 1.99. The molecule has 28 heavy (non-hydrogen) atoms. The molecule has 4 nitrogen and oxygen atoms in total. The molecule has 0 atom stereocenters. The lowest BCUT2D eigenvalue weighted by Crippen LogP contribution is -2.52. The van der Waals surface area contributed by atoms with Crippen molar-refractivity contribution in [2.45, 2.75) is 33.1 Å². The van der Waals surface area contributed by atoms with E-state index < -0.39 is 0 Å². The third kappa shape index (κ3) is 5.00. The predicted octanol–water partition coefficient (Wildman–Crippen LogP) is 3.93. The average Bonchev–Trinajstić information content (AvgIpc) is 2.68. The SMILES string of the molecule is CC(C)(C)CC(=O)N1CCN(C(=O)C(c2ccccc2)c2ccccc2)CC1. The Morgan fingerprint density at radius 3 is 1.64 bits per heavy atom. The molecule has 148 valence electrons. The molecular weight excluding hydrogens is 348 g/mol. The highest BCUT2D eigenvalue weighted by atomic mass is 16.2. The molecule has 2 amide bonds.